The molecule has 0 aliphatic carbocycles. The summed E-state index contributed by atoms with van der Waals surface area (Å²) >= 11 is 0. The van der Waals surface area contributed by atoms with Gasteiger partial charge in [0, 0.05) is 18.8 Å². The highest BCUT2D eigenvalue weighted by Gasteiger charge is 2.34. The zero-order chi connectivity index (χ0) is 12.2. The van der Waals surface area contributed by atoms with E-state index in [0.717, 1.165) is 12.4 Å². The van der Waals surface area contributed by atoms with E-state index in [-0.39, 0.29) is 6.42 Å². The van der Waals surface area contributed by atoms with Crippen LogP contribution >= 0.6 is 0 Å². The lowest BCUT2D eigenvalue weighted by atomic mass is 10.1. The second-order valence-electron chi connectivity index (χ2n) is 2.93. The van der Waals surface area contributed by atoms with Crippen LogP contribution in [0.4, 0.5) is 13.2 Å². The molecule has 1 rings (SSSR count). The van der Waals surface area contributed by atoms with Crippen LogP contribution in [0, 0.1) is 28.6 Å². The number of rotatable bonds is 2. The summed E-state index contributed by atoms with van der Waals surface area (Å²) in [6, 6.07) is 3.41. The molecule has 1 aromatic rings. The monoisotopic (exact) mass is 226 g/mol. The molecule has 0 N–H and O–H groups in total. The average molecular weight is 226 g/mol. The maximum absolute atomic E-state index is 12.1. The van der Waals surface area contributed by atoms with Crippen molar-refractivity contribution in [2.45, 2.75) is 12.6 Å². The van der Waals surface area contributed by atoms with Crippen LogP contribution in [-0.2, 0) is 12.6 Å². The van der Waals surface area contributed by atoms with Gasteiger partial charge in [0.05, 0.1) is 12.1 Å². The highest BCUT2D eigenvalue weighted by molar-refractivity contribution is 5.13. The SMILES string of the molecule is N#CC(C#N)Cc1cnc(C(F)(F)F)nc1. The van der Waals surface area contributed by atoms with Crippen LogP contribution in [0.15, 0.2) is 12.4 Å². The molecule has 0 spiro atoms. The quantitative estimate of drug-likeness (QED) is 0.769. The maximum Gasteiger partial charge on any atom is 0.451 e. The van der Waals surface area contributed by atoms with E-state index in [2.05, 4.69) is 9.97 Å². The third kappa shape index (κ3) is 2.92. The van der Waals surface area contributed by atoms with Crippen molar-refractivity contribution in [3.63, 3.8) is 0 Å². The standard InChI is InChI=1S/C9H5F3N4/c10-9(11,12)8-15-4-7(5-16-8)1-6(2-13)3-14/h4-6H,1H2. The first kappa shape index (κ1) is 11.9. The molecule has 4 nitrogen and oxygen atoms in total. The molecule has 82 valence electrons. The molecule has 7 heteroatoms. The summed E-state index contributed by atoms with van der Waals surface area (Å²) in [5.41, 5.74) is 0.320. The van der Waals surface area contributed by atoms with E-state index < -0.39 is 17.9 Å². The summed E-state index contributed by atoms with van der Waals surface area (Å²) in [6.45, 7) is 0. The van der Waals surface area contributed by atoms with Crippen LogP contribution in [0.1, 0.15) is 11.4 Å². The van der Waals surface area contributed by atoms with Gasteiger partial charge in [-0.05, 0) is 5.56 Å². The molecule has 0 fully saturated rings. The Morgan fingerprint density at radius 1 is 1.19 bits per heavy atom. The lowest BCUT2D eigenvalue weighted by Gasteiger charge is -2.05. The minimum absolute atomic E-state index is 0.0190. The van der Waals surface area contributed by atoms with Gasteiger partial charge in [-0.1, -0.05) is 0 Å². The van der Waals surface area contributed by atoms with Crippen molar-refractivity contribution in [3.8, 4) is 12.1 Å². The van der Waals surface area contributed by atoms with Crippen molar-refractivity contribution < 1.29 is 13.2 Å². The van der Waals surface area contributed by atoms with Gasteiger partial charge in [0.1, 0.15) is 5.92 Å². The summed E-state index contributed by atoms with van der Waals surface area (Å²) in [5.74, 6) is -2.14. The van der Waals surface area contributed by atoms with Crippen molar-refractivity contribution in [2.24, 2.45) is 5.92 Å². The van der Waals surface area contributed by atoms with E-state index >= 15 is 0 Å². The van der Waals surface area contributed by atoms with Gasteiger partial charge in [0.15, 0.2) is 0 Å². The molecule has 0 aliphatic rings. The molecule has 0 amide bonds. The number of hydrogen-bond acceptors (Lipinski definition) is 4. The Kier molecular flexibility index (Phi) is 3.41. The van der Waals surface area contributed by atoms with Crippen LogP contribution in [0.2, 0.25) is 0 Å². The molecule has 0 saturated heterocycles. The number of nitriles is 2. The van der Waals surface area contributed by atoms with Crippen molar-refractivity contribution in [1.29, 1.82) is 10.5 Å². The molecule has 1 aromatic heterocycles. The van der Waals surface area contributed by atoms with E-state index in [9.17, 15) is 13.2 Å². The van der Waals surface area contributed by atoms with Crippen LogP contribution in [0.25, 0.3) is 0 Å². The minimum Gasteiger partial charge on any atom is -0.233 e. The third-order valence-electron chi connectivity index (χ3n) is 1.71. The molecule has 0 unspecified atom stereocenters. The zero-order valence-corrected chi connectivity index (χ0v) is 7.86. The smallest absolute Gasteiger partial charge is 0.233 e. The normalized spacial score (nSPS) is 10.9. The molecule has 0 bridgehead atoms. The van der Waals surface area contributed by atoms with E-state index in [4.69, 9.17) is 10.5 Å². The molecule has 0 aliphatic heterocycles. The Bertz CT molecular complexity index is 424. The van der Waals surface area contributed by atoms with Crippen LogP contribution in [-0.4, -0.2) is 9.97 Å². The fraction of sp³-hybridized carbons (Fsp3) is 0.333. The Morgan fingerprint density at radius 2 is 1.69 bits per heavy atom. The van der Waals surface area contributed by atoms with Crippen molar-refractivity contribution >= 4 is 0 Å². The third-order valence-corrected chi connectivity index (χ3v) is 1.71. The van der Waals surface area contributed by atoms with E-state index in [1.165, 1.54) is 0 Å². The van der Waals surface area contributed by atoms with Gasteiger partial charge in [-0.2, -0.15) is 23.7 Å². The molecule has 0 atom stereocenters. The lowest BCUT2D eigenvalue weighted by Crippen LogP contribution is -2.11. The van der Waals surface area contributed by atoms with E-state index in [0.29, 0.717) is 5.56 Å². The number of halogens is 3. The molecule has 1 heterocycles. The molecule has 0 aromatic carbocycles. The molecular weight excluding hydrogens is 221 g/mol. The second-order valence-corrected chi connectivity index (χ2v) is 2.93. The molecular formula is C9H5F3N4. The Morgan fingerprint density at radius 3 is 2.06 bits per heavy atom. The van der Waals surface area contributed by atoms with Crippen LogP contribution in [0.5, 0.6) is 0 Å². The van der Waals surface area contributed by atoms with Gasteiger partial charge in [-0.15, -0.1) is 0 Å². The van der Waals surface area contributed by atoms with Gasteiger partial charge in [0.25, 0.3) is 0 Å². The lowest BCUT2D eigenvalue weighted by molar-refractivity contribution is -0.145. The Hall–Kier alpha value is -2.15. The molecule has 0 radical (unpaired) electrons. The number of nitrogens with zero attached hydrogens (tertiary/aromatic N) is 4. The van der Waals surface area contributed by atoms with Crippen molar-refractivity contribution in [1.82, 2.24) is 9.97 Å². The summed E-state index contributed by atoms with van der Waals surface area (Å²) in [4.78, 5) is 6.23. The second kappa shape index (κ2) is 4.58. The molecule has 0 saturated carbocycles. The number of aromatic nitrogens is 2. The van der Waals surface area contributed by atoms with Gasteiger partial charge >= 0.3 is 6.18 Å². The predicted octanol–water partition coefficient (Wildman–Crippen LogP) is 1.70. The van der Waals surface area contributed by atoms with Gasteiger partial charge in [0.2, 0.25) is 5.82 Å². The Balaban J connectivity index is 2.82. The number of hydrogen-bond donors (Lipinski definition) is 0. The maximum atomic E-state index is 12.1. The Labute approximate surface area is 89.0 Å². The van der Waals surface area contributed by atoms with Crippen molar-refractivity contribution in [2.75, 3.05) is 0 Å². The largest absolute Gasteiger partial charge is 0.451 e. The first-order valence-corrected chi connectivity index (χ1v) is 4.14. The topological polar surface area (TPSA) is 73.4 Å². The highest BCUT2D eigenvalue weighted by Crippen LogP contribution is 2.25. The zero-order valence-electron chi connectivity index (χ0n) is 7.86. The fourth-order valence-corrected chi connectivity index (χ4v) is 0.962. The minimum atomic E-state index is -4.58. The van der Waals surface area contributed by atoms with Crippen LogP contribution < -0.4 is 0 Å². The average Bonchev–Trinajstić information content (AvgIpc) is 2.25. The van der Waals surface area contributed by atoms with Gasteiger partial charge in [-0.25, -0.2) is 9.97 Å². The summed E-state index contributed by atoms with van der Waals surface area (Å²) in [5, 5.41) is 17.0. The number of alkyl halides is 3. The van der Waals surface area contributed by atoms with Crippen LogP contribution in [0.3, 0.4) is 0 Å². The summed E-state index contributed by atoms with van der Waals surface area (Å²) in [7, 11) is 0. The summed E-state index contributed by atoms with van der Waals surface area (Å²) < 4.78 is 36.3. The van der Waals surface area contributed by atoms with Crippen molar-refractivity contribution in [3.05, 3.63) is 23.8 Å². The van der Waals surface area contributed by atoms with E-state index in [1.54, 1.807) is 12.1 Å². The van der Waals surface area contributed by atoms with E-state index in [1.807, 2.05) is 0 Å². The first-order chi connectivity index (χ1) is 7.47. The summed E-state index contributed by atoms with van der Waals surface area (Å²) in [6.07, 6.45) is -2.62. The first-order valence-electron chi connectivity index (χ1n) is 4.14. The highest BCUT2D eigenvalue weighted by atomic mass is 19.4. The van der Waals surface area contributed by atoms with Gasteiger partial charge in [-0.3, -0.25) is 0 Å². The van der Waals surface area contributed by atoms with Gasteiger partial charge < -0.3 is 0 Å². The predicted molar refractivity (Wildman–Crippen MR) is 45.5 cm³/mol. The molecule has 16 heavy (non-hydrogen) atoms. The fourth-order valence-electron chi connectivity index (χ4n) is 0.962.